The first-order valence-electron chi connectivity index (χ1n) is 6.82. The first kappa shape index (κ1) is 14.0. The predicted octanol–water partition coefficient (Wildman–Crippen LogP) is 4.28. The van der Waals surface area contributed by atoms with Crippen LogP contribution in [0.4, 0.5) is 0 Å². The lowest BCUT2D eigenvalue weighted by Gasteiger charge is -2.39. The molecule has 3 atom stereocenters. The summed E-state index contributed by atoms with van der Waals surface area (Å²) in [4.78, 5) is 0. The second kappa shape index (κ2) is 6.06. The zero-order valence-corrected chi connectivity index (χ0v) is 11.4. The van der Waals surface area contributed by atoms with Crippen molar-refractivity contribution in [3.63, 3.8) is 0 Å². The minimum Gasteiger partial charge on any atom is -0.198 e. The fourth-order valence-corrected chi connectivity index (χ4v) is 3.19. The second-order valence-corrected chi connectivity index (χ2v) is 6.09. The van der Waals surface area contributed by atoms with Crippen molar-refractivity contribution in [1.29, 1.82) is 10.5 Å². The van der Waals surface area contributed by atoms with Gasteiger partial charge in [-0.15, -0.1) is 0 Å². The van der Waals surface area contributed by atoms with Gasteiger partial charge in [-0.2, -0.15) is 10.5 Å². The molecule has 0 bridgehead atoms. The van der Waals surface area contributed by atoms with E-state index in [0.717, 1.165) is 19.3 Å². The van der Waals surface area contributed by atoms with Crippen molar-refractivity contribution >= 4 is 0 Å². The molecule has 0 aromatic rings. The van der Waals surface area contributed by atoms with Crippen molar-refractivity contribution in [2.75, 3.05) is 0 Å². The Hall–Kier alpha value is -1.02. The fourth-order valence-electron chi connectivity index (χ4n) is 3.19. The van der Waals surface area contributed by atoms with E-state index in [1.807, 2.05) is 0 Å². The smallest absolute Gasteiger partial charge is 0.0692 e. The van der Waals surface area contributed by atoms with Gasteiger partial charge in [-0.05, 0) is 37.0 Å². The topological polar surface area (TPSA) is 47.6 Å². The molecule has 1 fully saturated rings. The molecular formula is C15H24N2. The molecule has 1 saturated carbocycles. The molecule has 0 aliphatic heterocycles. The maximum Gasteiger partial charge on any atom is 0.0692 e. The Morgan fingerprint density at radius 2 is 2.00 bits per heavy atom. The summed E-state index contributed by atoms with van der Waals surface area (Å²) in [6.07, 6.45) is 6.28. The monoisotopic (exact) mass is 232 g/mol. The van der Waals surface area contributed by atoms with Crippen molar-refractivity contribution in [1.82, 2.24) is 0 Å². The third-order valence-electron chi connectivity index (χ3n) is 4.39. The van der Waals surface area contributed by atoms with Crippen molar-refractivity contribution in [3.05, 3.63) is 0 Å². The molecule has 94 valence electrons. The lowest BCUT2D eigenvalue weighted by molar-refractivity contribution is 0.128. The van der Waals surface area contributed by atoms with Crippen molar-refractivity contribution in [2.24, 2.45) is 23.2 Å². The van der Waals surface area contributed by atoms with Crippen molar-refractivity contribution < 1.29 is 0 Å². The second-order valence-electron chi connectivity index (χ2n) is 6.09. The molecular weight excluding hydrogens is 208 g/mol. The molecule has 0 saturated heterocycles. The van der Waals surface area contributed by atoms with Gasteiger partial charge in [0, 0.05) is 6.42 Å². The summed E-state index contributed by atoms with van der Waals surface area (Å²) in [6.45, 7) is 6.50. The Bertz CT molecular complexity index is 321. The van der Waals surface area contributed by atoms with E-state index in [4.69, 9.17) is 5.26 Å². The van der Waals surface area contributed by atoms with Crippen LogP contribution in [0, 0.1) is 45.8 Å². The zero-order chi connectivity index (χ0) is 12.9. The van der Waals surface area contributed by atoms with Crippen LogP contribution < -0.4 is 0 Å². The van der Waals surface area contributed by atoms with Gasteiger partial charge < -0.3 is 0 Å². The summed E-state index contributed by atoms with van der Waals surface area (Å²) >= 11 is 0. The van der Waals surface area contributed by atoms with Crippen LogP contribution in [0.25, 0.3) is 0 Å². The zero-order valence-electron chi connectivity index (χ0n) is 11.4. The molecule has 0 aromatic heterocycles. The van der Waals surface area contributed by atoms with Crippen LogP contribution in [0.3, 0.4) is 0 Å². The van der Waals surface area contributed by atoms with E-state index in [9.17, 15) is 5.26 Å². The molecule has 0 spiro atoms. The van der Waals surface area contributed by atoms with Gasteiger partial charge in [-0.1, -0.05) is 33.6 Å². The highest BCUT2D eigenvalue weighted by Gasteiger charge is 2.39. The summed E-state index contributed by atoms with van der Waals surface area (Å²) in [6, 6.07) is 4.84. The summed E-state index contributed by atoms with van der Waals surface area (Å²) in [7, 11) is 0. The van der Waals surface area contributed by atoms with E-state index in [1.165, 1.54) is 12.8 Å². The van der Waals surface area contributed by atoms with Crippen LogP contribution in [-0.2, 0) is 0 Å². The first-order chi connectivity index (χ1) is 8.04. The molecule has 1 aliphatic rings. The highest BCUT2D eigenvalue weighted by Crippen LogP contribution is 2.46. The van der Waals surface area contributed by atoms with Gasteiger partial charge in [0.25, 0.3) is 0 Å². The largest absolute Gasteiger partial charge is 0.198 e. The van der Waals surface area contributed by atoms with E-state index >= 15 is 0 Å². The summed E-state index contributed by atoms with van der Waals surface area (Å²) in [5.41, 5.74) is -0.102. The van der Waals surface area contributed by atoms with Gasteiger partial charge in [0.1, 0.15) is 0 Å². The Labute approximate surface area is 106 Å². The van der Waals surface area contributed by atoms with Crippen molar-refractivity contribution in [3.8, 4) is 12.1 Å². The lowest BCUT2D eigenvalue weighted by atomic mass is 9.63. The van der Waals surface area contributed by atoms with Crippen LogP contribution in [-0.4, -0.2) is 0 Å². The normalized spacial score (nSPS) is 30.6. The van der Waals surface area contributed by atoms with Gasteiger partial charge >= 0.3 is 0 Å². The maximum atomic E-state index is 9.46. The third kappa shape index (κ3) is 3.47. The molecule has 1 aliphatic carbocycles. The van der Waals surface area contributed by atoms with Crippen molar-refractivity contribution in [2.45, 2.75) is 59.3 Å². The highest BCUT2D eigenvalue weighted by atomic mass is 14.5. The van der Waals surface area contributed by atoms with Crippen LogP contribution in [0.5, 0.6) is 0 Å². The van der Waals surface area contributed by atoms with E-state index in [1.54, 1.807) is 0 Å². The van der Waals surface area contributed by atoms with Gasteiger partial charge in [0.15, 0.2) is 0 Å². The quantitative estimate of drug-likeness (QED) is 0.726. The van der Waals surface area contributed by atoms with Gasteiger partial charge in [0.05, 0.1) is 17.6 Å². The minimum absolute atomic E-state index is 0.102. The Morgan fingerprint density at radius 1 is 1.29 bits per heavy atom. The Kier molecular flexibility index (Phi) is 5.01. The van der Waals surface area contributed by atoms with Crippen LogP contribution in [0.15, 0.2) is 0 Å². The van der Waals surface area contributed by atoms with Crippen LogP contribution in [0.1, 0.15) is 59.3 Å². The molecule has 2 nitrogen and oxygen atoms in total. The number of rotatable bonds is 4. The number of nitrogens with zero attached hydrogens (tertiary/aromatic N) is 2. The summed E-state index contributed by atoms with van der Waals surface area (Å²) in [5.74, 6) is 1.57. The third-order valence-corrected chi connectivity index (χ3v) is 4.39. The van der Waals surface area contributed by atoms with Gasteiger partial charge in [0.2, 0.25) is 0 Å². The van der Waals surface area contributed by atoms with Crippen LogP contribution in [0.2, 0.25) is 0 Å². The molecule has 3 unspecified atom stereocenters. The molecule has 1 rings (SSSR count). The molecule has 17 heavy (non-hydrogen) atoms. The Morgan fingerprint density at radius 3 is 2.53 bits per heavy atom. The standard InChI is InChI=1S/C15H24N2/c1-12(2)15(11-17)7-4-5-14(10-15)9-13(3)6-8-16/h12-14H,4-7,9-10H2,1-3H3. The Balaban J connectivity index is 2.61. The number of nitriles is 2. The molecule has 2 heteroatoms. The van der Waals surface area contributed by atoms with Gasteiger partial charge in [-0.3, -0.25) is 0 Å². The van der Waals surface area contributed by atoms with E-state index in [0.29, 0.717) is 24.2 Å². The molecule has 0 amide bonds. The SMILES string of the molecule is CC(CC#N)CC1CCCC(C#N)(C(C)C)C1. The average Bonchev–Trinajstić information content (AvgIpc) is 2.29. The van der Waals surface area contributed by atoms with Gasteiger partial charge in [-0.25, -0.2) is 0 Å². The number of hydrogen-bond acceptors (Lipinski definition) is 2. The maximum absolute atomic E-state index is 9.46. The van der Waals surface area contributed by atoms with E-state index in [2.05, 4.69) is 32.9 Å². The fraction of sp³-hybridized carbons (Fsp3) is 0.867. The highest BCUT2D eigenvalue weighted by molar-refractivity contribution is 5.04. The average molecular weight is 232 g/mol. The predicted molar refractivity (Wildman–Crippen MR) is 68.9 cm³/mol. The first-order valence-corrected chi connectivity index (χ1v) is 6.82. The van der Waals surface area contributed by atoms with Crippen LogP contribution >= 0.6 is 0 Å². The summed E-state index contributed by atoms with van der Waals surface area (Å²) in [5, 5.41) is 18.2. The molecule has 0 aromatic carbocycles. The number of hydrogen-bond donors (Lipinski definition) is 0. The minimum atomic E-state index is -0.102. The molecule has 0 N–H and O–H groups in total. The lowest BCUT2D eigenvalue weighted by Crippen LogP contribution is -2.32. The molecule has 0 heterocycles. The molecule has 0 radical (unpaired) electrons. The van der Waals surface area contributed by atoms with E-state index < -0.39 is 0 Å². The summed E-state index contributed by atoms with van der Waals surface area (Å²) < 4.78 is 0. The van der Waals surface area contributed by atoms with E-state index in [-0.39, 0.29) is 5.41 Å².